The molecule has 0 radical (unpaired) electrons. The van der Waals surface area contributed by atoms with Gasteiger partial charge in [-0.3, -0.25) is 9.48 Å². The number of aryl methyl sites for hydroxylation is 1. The third-order valence-corrected chi connectivity index (χ3v) is 2.92. The van der Waals surface area contributed by atoms with E-state index in [2.05, 4.69) is 10.4 Å². The number of aromatic nitrogens is 2. The van der Waals surface area contributed by atoms with Crippen LogP contribution >= 0.6 is 0 Å². The van der Waals surface area contributed by atoms with Crippen LogP contribution in [0, 0.1) is 5.82 Å². The molecule has 21 heavy (non-hydrogen) atoms. The summed E-state index contributed by atoms with van der Waals surface area (Å²) in [6, 6.07) is 6.53. The van der Waals surface area contributed by atoms with Crippen molar-refractivity contribution in [2.75, 3.05) is 13.2 Å². The number of hydrogen-bond donors (Lipinski definition) is 2. The Hall–Kier alpha value is -2.41. The second-order valence-corrected chi connectivity index (χ2v) is 4.42. The summed E-state index contributed by atoms with van der Waals surface area (Å²) in [6.45, 7) is -0.470. The van der Waals surface area contributed by atoms with Crippen LogP contribution in [0.3, 0.4) is 0 Å². The van der Waals surface area contributed by atoms with E-state index in [4.69, 9.17) is 4.74 Å². The molecule has 0 bridgehead atoms. The third kappa shape index (κ3) is 4.03. The number of rotatable bonds is 6. The van der Waals surface area contributed by atoms with Gasteiger partial charge in [0.2, 0.25) is 0 Å². The molecule has 0 aliphatic rings. The van der Waals surface area contributed by atoms with Gasteiger partial charge >= 0.3 is 0 Å². The number of aliphatic hydroxyl groups excluding tert-OH is 1. The fraction of sp³-hybridized carbons (Fsp3) is 0.286. The van der Waals surface area contributed by atoms with E-state index < -0.39 is 6.04 Å². The van der Waals surface area contributed by atoms with Crippen molar-refractivity contribution < 1.29 is 19.0 Å². The average molecular weight is 293 g/mol. The minimum Gasteiger partial charge on any atom is -0.484 e. The number of nitrogens with one attached hydrogen (secondary N) is 1. The smallest absolute Gasteiger partial charge is 0.258 e. The van der Waals surface area contributed by atoms with Crippen molar-refractivity contribution in [3.8, 4) is 5.75 Å². The fourth-order valence-electron chi connectivity index (χ4n) is 1.85. The predicted molar refractivity (Wildman–Crippen MR) is 73.1 cm³/mol. The molecule has 1 amide bonds. The normalized spacial score (nSPS) is 12.0. The molecule has 1 aromatic carbocycles. The quantitative estimate of drug-likeness (QED) is 0.825. The first-order valence-electron chi connectivity index (χ1n) is 6.36. The van der Waals surface area contributed by atoms with Gasteiger partial charge in [0, 0.05) is 13.2 Å². The van der Waals surface area contributed by atoms with Crippen LogP contribution in [-0.4, -0.2) is 34.0 Å². The number of amides is 1. The number of nitrogens with zero attached hydrogens (tertiary/aromatic N) is 2. The Morgan fingerprint density at radius 2 is 2.14 bits per heavy atom. The van der Waals surface area contributed by atoms with Gasteiger partial charge in [-0.25, -0.2) is 4.39 Å². The van der Waals surface area contributed by atoms with Crippen molar-refractivity contribution in [3.05, 3.63) is 48.0 Å². The SMILES string of the molecule is Cn1nccc1[C@H](CO)NC(=O)COc1ccc(F)cc1. The molecule has 7 heteroatoms. The van der Waals surface area contributed by atoms with Crippen molar-refractivity contribution in [1.82, 2.24) is 15.1 Å². The zero-order valence-corrected chi connectivity index (χ0v) is 11.5. The number of ether oxygens (including phenoxy) is 1. The molecule has 6 nitrogen and oxygen atoms in total. The Morgan fingerprint density at radius 3 is 2.71 bits per heavy atom. The number of benzene rings is 1. The van der Waals surface area contributed by atoms with Crippen LogP contribution in [-0.2, 0) is 11.8 Å². The van der Waals surface area contributed by atoms with E-state index in [9.17, 15) is 14.3 Å². The zero-order chi connectivity index (χ0) is 15.2. The van der Waals surface area contributed by atoms with Gasteiger partial charge in [0.25, 0.3) is 5.91 Å². The van der Waals surface area contributed by atoms with E-state index >= 15 is 0 Å². The van der Waals surface area contributed by atoms with E-state index in [0.717, 1.165) is 0 Å². The van der Waals surface area contributed by atoms with Gasteiger partial charge in [0.1, 0.15) is 11.6 Å². The van der Waals surface area contributed by atoms with Gasteiger partial charge in [-0.1, -0.05) is 0 Å². The van der Waals surface area contributed by atoms with Crippen molar-refractivity contribution in [1.29, 1.82) is 0 Å². The van der Waals surface area contributed by atoms with Crippen molar-refractivity contribution in [2.45, 2.75) is 6.04 Å². The van der Waals surface area contributed by atoms with E-state index in [0.29, 0.717) is 11.4 Å². The second-order valence-electron chi connectivity index (χ2n) is 4.42. The Kier molecular flexibility index (Phi) is 4.89. The predicted octanol–water partition coefficient (Wildman–Crippen LogP) is 0.788. The molecule has 0 fully saturated rings. The monoisotopic (exact) mass is 293 g/mol. The van der Waals surface area contributed by atoms with Crippen LogP contribution in [0.25, 0.3) is 0 Å². The lowest BCUT2D eigenvalue weighted by Crippen LogP contribution is -2.35. The topological polar surface area (TPSA) is 76.4 Å². The van der Waals surface area contributed by atoms with Gasteiger partial charge in [-0.2, -0.15) is 5.10 Å². The highest BCUT2D eigenvalue weighted by Crippen LogP contribution is 2.12. The minimum absolute atomic E-state index is 0.222. The highest BCUT2D eigenvalue weighted by atomic mass is 19.1. The number of carbonyl (C=O) groups is 1. The molecule has 2 rings (SSSR count). The molecule has 112 valence electrons. The summed E-state index contributed by atoms with van der Waals surface area (Å²) in [4.78, 5) is 11.8. The van der Waals surface area contributed by atoms with Crippen LogP contribution in [0.4, 0.5) is 4.39 Å². The molecule has 1 atom stereocenters. The summed E-state index contributed by atoms with van der Waals surface area (Å²) >= 11 is 0. The average Bonchev–Trinajstić information content (AvgIpc) is 2.90. The summed E-state index contributed by atoms with van der Waals surface area (Å²) in [7, 11) is 1.72. The second kappa shape index (κ2) is 6.85. The first-order valence-corrected chi connectivity index (χ1v) is 6.36. The van der Waals surface area contributed by atoms with E-state index in [1.165, 1.54) is 24.3 Å². The number of carbonyl (C=O) groups excluding carboxylic acids is 1. The van der Waals surface area contributed by atoms with Gasteiger partial charge in [-0.15, -0.1) is 0 Å². The van der Waals surface area contributed by atoms with E-state index in [-0.39, 0.29) is 24.9 Å². The Bertz CT molecular complexity index is 598. The van der Waals surface area contributed by atoms with Gasteiger partial charge < -0.3 is 15.2 Å². The molecule has 0 aliphatic carbocycles. The molecule has 1 aromatic heterocycles. The van der Waals surface area contributed by atoms with Crippen LogP contribution in [0.2, 0.25) is 0 Å². The maximum atomic E-state index is 12.7. The maximum absolute atomic E-state index is 12.7. The molecule has 2 N–H and O–H groups in total. The first kappa shape index (κ1) is 15.0. The number of aliphatic hydroxyl groups is 1. The summed E-state index contributed by atoms with van der Waals surface area (Å²) in [6.07, 6.45) is 1.58. The molecule has 0 unspecified atom stereocenters. The van der Waals surface area contributed by atoms with Crippen LogP contribution in [0.5, 0.6) is 5.75 Å². The largest absolute Gasteiger partial charge is 0.484 e. The highest BCUT2D eigenvalue weighted by Gasteiger charge is 2.16. The Morgan fingerprint density at radius 1 is 1.43 bits per heavy atom. The maximum Gasteiger partial charge on any atom is 0.258 e. The van der Waals surface area contributed by atoms with E-state index in [1.54, 1.807) is 24.0 Å². The molecule has 0 saturated heterocycles. The lowest BCUT2D eigenvalue weighted by atomic mass is 10.2. The molecular formula is C14H16FN3O3. The summed E-state index contributed by atoms with van der Waals surface area (Å²) < 4.78 is 19.5. The molecule has 2 aromatic rings. The zero-order valence-electron chi connectivity index (χ0n) is 11.5. The van der Waals surface area contributed by atoms with E-state index in [1.807, 2.05) is 0 Å². The standard InChI is InChI=1S/C14H16FN3O3/c1-18-13(6-7-16-18)12(8-19)17-14(20)9-21-11-4-2-10(15)3-5-11/h2-7,12,19H,8-9H2,1H3,(H,17,20)/t12-/m0/s1. The number of halogens is 1. The lowest BCUT2D eigenvalue weighted by molar-refractivity contribution is -0.124. The van der Waals surface area contributed by atoms with Crippen LogP contribution in [0.1, 0.15) is 11.7 Å². The molecular weight excluding hydrogens is 277 g/mol. The van der Waals surface area contributed by atoms with Crippen molar-refractivity contribution in [3.63, 3.8) is 0 Å². The summed E-state index contributed by atoms with van der Waals surface area (Å²) in [5.41, 5.74) is 0.688. The molecule has 0 saturated carbocycles. The van der Waals surface area contributed by atoms with Crippen molar-refractivity contribution >= 4 is 5.91 Å². The first-order chi connectivity index (χ1) is 10.1. The summed E-state index contributed by atoms with van der Waals surface area (Å²) in [5, 5.41) is 16.0. The Balaban J connectivity index is 1.88. The lowest BCUT2D eigenvalue weighted by Gasteiger charge is -2.16. The Labute approximate surface area is 121 Å². The van der Waals surface area contributed by atoms with Gasteiger partial charge in [-0.05, 0) is 30.3 Å². The summed E-state index contributed by atoms with van der Waals surface area (Å²) in [5.74, 6) is -0.365. The van der Waals surface area contributed by atoms with Gasteiger partial charge in [0.15, 0.2) is 6.61 Å². The minimum atomic E-state index is -0.554. The third-order valence-electron chi connectivity index (χ3n) is 2.92. The van der Waals surface area contributed by atoms with Crippen LogP contribution in [0.15, 0.2) is 36.5 Å². The molecule has 0 aliphatic heterocycles. The highest BCUT2D eigenvalue weighted by molar-refractivity contribution is 5.78. The van der Waals surface area contributed by atoms with Gasteiger partial charge in [0.05, 0.1) is 18.3 Å². The van der Waals surface area contributed by atoms with Crippen LogP contribution < -0.4 is 10.1 Å². The molecule has 0 spiro atoms. The molecule has 1 heterocycles. The van der Waals surface area contributed by atoms with Crippen molar-refractivity contribution in [2.24, 2.45) is 7.05 Å². The fourth-order valence-corrected chi connectivity index (χ4v) is 1.85. The number of hydrogen-bond acceptors (Lipinski definition) is 4.